The summed E-state index contributed by atoms with van der Waals surface area (Å²) in [6.45, 7) is 2.73. The Bertz CT molecular complexity index is 347. The van der Waals surface area contributed by atoms with Crippen molar-refractivity contribution in [3.63, 3.8) is 0 Å². The van der Waals surface area contributed by atoms with Crippen LogP contribution in [0.3, 0.4) is 0 Å². The van der Waals surface area contributed by atoms with Crippen LogP contribution < -0.4 is 10.5 Å². The van der Waals surface area contributed by atoms with Gasteiger partial charge in [0, 0.05) is 0 Å². The highest BCUT2D eigenvalue weighted by Gasteiger charge is 2.39. The molecule has 0 aromatic heterocycles. The summed E-state index contributed by atoms with van der Waals surface area (Å²) in [5, 5.41) is 0. The lowest BCUT2D eigenvalue weighted by Crippen LogP contribution is -2.29. The molecule has 1 fully saturated rings. The third-order valence-corrected chi connectivity index (χ3v) is 3.34. The molecule has 1 aliphatic rings. The van der Waals surface area contributed by atoms with Crippen LogP contribution in [0.25, 0.3) is 0 Å². The number of ether oxygens (including phenoxy) is 1. The van der Waals surface area contributed by atoms with Crippen LogP contribution in [0.4, 0.5) is 0 Å². The van der Waals surface area contributed by atoms with Crippen molar-refractivity contribution in [3.8, 4) is 5.75 Å². The lowest BCUT2D eigenvalue weighted by molar-refractivity contribution is 0.277. The predicted molar refractivity (Wildman–Crippen MR) is 65.5 cm³/mol. The molecule has 0 radical (unpaired) electrons. The van der Waals surface area contributed by atoms with Gasteiger partial charge in [-0.05, 0) is 60.1 Å². The minimum absolute atomic E-state index is 0.0338. The summed E-state index contributed by atoms with van der Waals surface area (Å²) in [5.41, 5.74) is 7.17. The van der Waals surface area contributed by atoms with Gasteiger partial charge in [0.25, 0.3) is 0 Å². The quantitative estimate of drug-likeness (QED) is 0.871. The smallest absolute Gasteiger partial charge is 0.132 e. The van der Waals surface area contributed by atoms with E-state index in [4.69, 9.17) is 10.5 Å². The molecule has 0 unspecified atom stereocenters. The molecule has 0 saturated heterocycles. The van der Waals surface area contributed by atoms with E-state index in [0.717, 1.165) is 22.2 Å². The van der Waals surface area contributed by atoms with Gasteiger partial charge in [-0.25, -0.2) is 0 Å². The summed E-state index contributed by atoms with van der Waals surface area (Å²) >= 11 is 2.29. The van der Waals surface area contributed by atoms with Gasteiger partial charge < -0.3 is 10.5 Å². The Labute approximate surface area is 98.0 Å². The number of aryl methyl sites for hydroxylation is 1. The molecule has 1 aliphatic carbocycles. The Balaban J connectivity index is 2.02. The number of hydrogen-bond donors (Lipinski definition) is 1. The van der Waals surface area contributed by atoms with Crippen molar-refractivity contribution in [1.82, 2.24) is 0 Å². The zero-order valence-electron chi connectivity index (χ0n) is 8.22. The van der Waals surface area contributed by atoms with E-state index in [-0.39, 0.29) is 5.54 Å². The molecule has 3 heteroatoms. The molecule has 0 aliphatic heterocycles. The molecule has 2 rings (SSSR count). The maximum Gasteiger partial charge on any atom is 0.132 e. The average Bonchev–Trinajstić information content (AvgIpc) is 2.83. The minimum Gasteiger partial charge on any atom is -0.491 e. The fraction of sp³-hybridized carbons (Fsp3) is 0.455. The van der Waals surface area contributed by atoms with E-state index in [9.17, 15) is 0 Å². The van der Waals surface area contributed by atoms with Gasteiger partial charge in [0.1, 0.15) is 12.4 Å². The summed E-state index contributed by atoms with van der Waals surface area (Å²) in [4.78, 5) is 0. The lowest BCUT2D eigenvalue weighted by atomic mass is 10.2. The Kier molecular flexibility index (Phi) is 2.70. The van der Waals surface area contributed by atoms with Crippen molar-refractivity contribution < 1.29 is 4.74 Å². The van der Waals surface area contributed by atoms with E-state index in [0.29, 0.717) is 6.61 Å². The summed E-state index contributed by atoms with van der Waals surface area (Å²) in [7, 11) is 0. The molecule has 1 saturated carbocycles. The lowest BCUT2D eigenvalue weighted by Gasteiger charge is -2.12. The monoisotopic (exact) mass is 303 g/mol. The van der Waals surface area contributed by atoms with E-state index in [2.05, 4.69) is 41.6 Å². The van der Waals surface area contributed by atoms with Gasteiger partial charge in [0.05, 0.1) is 9.11 Å². The number of nitrogens with two attached hydrogens (primary N) is 1. The SMILES string of the molecule is Cc1ccc(OCC2(N)CC2)c(I)c1. The second-order valence-corrected chi connectivity index (χ2v) is 5.25. The van der Waals surface area contributed by atoms with E-state index in [1.54, 1.807) is 0 Å². The van der Waals surface area contributed by atoms with Crippen molar-refractivity contribution in [2.75, 3.05) is 6.61 Å². The van der Waals surface area contributed by atoms with Gasteiger partial charge in [-0.3, -0.25) is 0 Å². The topological polar surface area (TPSA) is 35.2 Å². The van der Waals surface area contributed by atoms with Gasteiger partial charge in [-0.15, -0.1) is 0 Å². The molecule has 2 nitrogen and oxygen atoms in total. The molecule has 1 aromatic rings. The van der Waals surface area contributed by atoms with Gasteiger partial charge in [-0.2, -0.15) is 0 Å². The highest BCUT2D eigenvalue weighted by Crippen LogP contribution is 2.33. The number of halogens is 1. The van der Waals surface area contributed by atoms with Crippen LogP contribution in [-0.4, -0.2) is 12.1 Å². The Morgan fingerprint density at radius 1 is 1.50 bits per heavy atom. The molecule has 0 amide bonds. The van der Waals surface area contributed by atoms with Crippen LogP contribution in [0, 0.1) is 10.5 Å². The third kappa shape index (κ3) is 2.39. The molecule has 0 heterocycles. The van der Waals surface area contributed by atoms with Gasteiger partial charge in [0.2, 0.25) is 0 Å². The molecule has 2 N–H and O–H groups in total. The van der Waals surface area contributed by atoms with Crippen molar-refractivity contribution in [1.29, 1.82) is 0 Å². The maximum absolute atomic E-state index is 5.95. The van der Waals surface area contributed by atoms with Crippen LogP contribution in [0.1, 0.15) is 18.4 Å². The van der Waals surface area contributed by atoms with Crippen molar-refractivity contribution in [2.24, 2.45) is 5.73 Å². The van der Waals surface area contributed by atoms with E-state index in [1.165, 1.54) is 5.56 Å². The predicted octanol–water partition coefficient (Wildman–Crippen LogP) is 2.47. The Morgan fingerprint density at radius 3 is 2.79 bits per heavy atom. The second-order valence-electron chi connectivity index (χ2n) is 4.08. The highest BCUT2D eigenvalue weighted by atomic mass is 127. The number of hydrogen-bond acceptors (Lipinski definition) is 2. The summed E-state index contributed by atoms with van der Waals surface area (Å²) in [5.74, 6) is 0.952. The Hall–Kier alpha value is -0.290. The van der Waals surface area contributed by atoms with Crippen molar-refractivity contribution in [3.05, 3.63) is 27.3 Å². The van der Waals surface area contributed by atoms with E-state index < -0.39 is 0 Å². The fourth-order valence-corrected chi connectivity index (χ4v) is 2.08. The van der Waals surface area contributed by atoms with Gasteiger partial charge in [-0.1, -0.05) is 6.07 Å². The van der Waals surface area contributed by atoms with Crippen molar-refractivity contribution >= 4 is 22.6 Å². The van der Waals surface area contributed by atoms with Gasteiger partial charge in [0.15, 0.2) is 0 Å². The van der Waals surface area contributed by atoms with E-state index in [1.807, 2.05) is 6.07 Å². The third-order valence-electron chi connectivity index (χ3n) is 2.49. The largest absolute Gasteiger partial charge is 0.491 e. The fourth-order valence-electron chi connectivity index (χ4n) is 1.25. The van der Waals surface area contributed by atoms with Gasteiger partial charge >= 0.3 is 0 Å². The molecule has 76 valence electrons. The molecule has 1 aromatic carbocycles. The zero-order chi connectivity index (χ0) is 10.2. The van der Waals surface area contributed by atoms with Crippen LogP contribution in [0.2, 0.25) is 0 Å². The first-order valence-electron chi connectivity index (χ1n) is 4.77. The molecular formula is C11H14INO. The molecular weight excluding hydrogens is 289 g/mol. The van der Waals surface area contributed by atoms with Crippen LogP contribution in [0.5, 0.6) is 5.75 Å². The summed E-state index contributed by atoms with van der Waals surface area (Å²) < 4.78 is 6.85. The maximum atomic E-state index is 5.95. The second kappa shape index (κ2) is 3.70. The van der Waals surface area contributed by atoms with E-state index >= 15 is 0 Å². The normalized spacial score (nSPS) is 17.9. The molecule has 0 spiro atoms. The first-order valence-corrected chi connectivity index (χ1v) is 5.85. The summed E-state index contributed by atoms with van der Waals surface area (Å²) in [6.07, 6.45) is 2.19. The van der Waals surface area contributed by atoms with Crippen LogP contribution >= 0.6 is 22.6 Å². The molecule has 0 bridgehead atoms. The van der Waals surface area contributed by atoms with Crippen molar-refractivity contribution in [2.45, 2.75) is 25.3 Å². The van der Waals surface area contributed by atoms with Crippen LogP contribution in [0.15, 0.2) is 18.2 Å². The Morgan fingerprint density at radius 2 is 2.21 bits per heavy atom. The zero-order valence-corrected chi connectivity index (χ0v) is 10.4. The first kappa shape index (κ1) is 10.2. The number of rotatable bonds is 3. The first-order chi connectivity index (χ1) is 6.59. The molecule has 14 heavy (non-hydrogen) atoms. The molecule has 0 atom stereocenters. The average molecular weight is 303 g/mol. The van der Waals surface area contributed by atoms with Crippen LogP contribution in [-0.2, 0) is 0 Å². The minimum atomic E-state index is -0.0338. The number of benzene rings is 1. The highest BCUT2D eigenvalue weighted by molar-refractivity contribution is 14.1. The standard InChI is InChI=1S/C11H14INO/c1-8-2-3-10(9(12)6-8)14-7-11(13)4-5-11/h2-3,6H,4-5,7,13H2,1H3. The summed E-state index contributed by atoms with van der Waals surface area (Å²) in [6, 6.07) is 6.20.